The lowest BCUT2D eigenvalue weighted by Crippen LogP contribution is -2.28. The Balaban J connectivity index is 1.54. The lowest BCUT2D eigenvalue weighted by molar-refractivity contribution is -0.154. The van der Waals surface area contributed by atoms with Crippen LogP contribution in [0.2, 0.25) is 18.1 Å². The van der Waals surface area contributed by atoms with Gasteiger partial charge in [-0.3, -0.25) is 0 Å². The molecular formula is C22H31F5OSi. The molecule has 1 heterocycles. The fraction of sp³-hybridized carbons (Fsp3) is 0.727. The zero-order valence-electron chi connectivity index (χ0n) is 17.0. The fourth-order valence-corrected chi connectivity index (χ4v) is 8.87. The van der Waals surface area contributed by atoms with Gasteiger partial charge in [0.05, 0.1) is 0 Å². The van der Waals surface area contributed by atoms with Crippen LogP contribution in [-0.4, -0.2) is 21.6 Å². The summed E-state index contributed by atoms with van der Waals surface area (Å²) in [6.07, 6.45) is 3.34. The second-order valence-corrected chi connectivity index (χ2v) is 12.4. The summed E-state index contributed by atoms with van der Waals surface area (Å²) >= 11 is 0. The minimum Gasteiger partial charge on any atom is -0.478 e. The summed E-state index contributed by atoms with van der Waals surface area (Å²) in [5.41, 5.74) is 0.539. The van der Waals surface area contributed by atoms with Gasteiger partial charge in [-0.2, -0.15) is 13.2 Å². The van der Waals surface area contributed by atoms with Crippen LogP contribution in [0.1, 0.15) is 63.4 Å². The van der Waals surface area contributed by atoms with E-state index in [-0.39, 0.29) is 5.92 Å². The van der Waals surface area contributed by atoms with E-state index in [0.717, 1.165) is 43.7 Å². The standard InChI is InChI=1S/C22H31F5OSi/c1-2-9-29-10-7-17(8-11-29)15-3-5-16(6-4-15)18-12-19(23)21(20(24)13-18)28-14-22(25,26)27/h12-13,15-17,29H,2-11,14H2,1H3. The van der Waals surface area contributed by atoms with Crippen molar-refractivity contribution in [1.82, 2.24) is 0 Å². The first-order valence-electron chi connectivity index (χ1n) is 10.9. The Kier molecular flexibility index (Phi) is 7.62. The average Bonchev–Trinajstić information content (AvgIpc) is 2.67. The number of benzene rings is 1. The van der Waals surface area contributed by atoms with Gasteiger partial charge in [-0.1, -0.05) is 44.3 Å². The molecule has 3 rings (SSSR count). The summed E-state index contributed by atoms with van der Waals surface area (Å²) in [6, 6.07) is 6.71. The predicted molar refractivity (Wildman–Crippen MR) is 107 cm³/mol. The van der Waals surface area contributed by atoms with Crippen LogP contribution in [-0.2, 0) is 0 Å². The zero-order valence-corrected chi connectivity index (χ0v) is 18.2. The third kappa shape index (κ3) is 6.19. The molecule has 2 aliphatic rings. The first-order chi connectivity index (χ1) is 13.8. The lowest BCUT2D eigenvalue weighted by Gasteiger charge is -2.37. The molecule has 1 nitrogen and oxygen atoms in total. The van der Waals surface area contributed by atoms with Crippen molar-refractivity contribution in [3.63, 3.8) is 0 Å². The van der Waals surface area contributed by atoms with Crippen LogP contribution in [0.25, 0.3) is 0 Å². The average molecular weight is 435 g/mol. The van der Waals surface area contributed by atoms with Crippen molar-refractivity contribution in [2.75, 3.05) is 6.61 Å². The van der Waals surface area contributed by atoms with Crippen LogP contribution in [0.4, 0.5) is 22.0 Å². The van der Waals surface area contributed by atoms with Crippen LogP contribution in [0.15, 0.2) is 12.1 Å². The van der Waals surface area contributed by atoms with Crippen molar-refractivity contribution >= 4 is 8.80 Å². The zero-order chi connectivity index (χ0) is 21.0. The van der Waals surface area contributed by atoms with Crippen molar-refractivity contribution in [3.8, 4) is 5.75 Å². The van der Waals surface area contributed by atoms with Crippen LogP contribution in [0.3, 0.4) is 0 Å². The minimum absolute atomic E-state index is 0.0673. The number of ether oxygens (including phenoxy) is 1. The summed E-state index contributed by atoms with van der Waals surface area (Å²) in [5, 5.41) is 0. The Hall–Kier alpha value is -1.11. The van der Waals surface area contributed by atoms with E-state index >= 15 is 0 Å². The van der Waals surface area contributed by atoms with Gasteiger partial charge >= 0.3 is 6.18 Å². The molecule has 0 radical (unpaired) electrons. The molecule has 1 aliphatic carbocycles. The van der Waals surface area contributed by atoms with Gasteiger partial charge in [-0.25, -0.2) is 8.78 Å². The second-order valence-electron chi connectivity index (χ2n) is 8.90. The summed E-state index contributed by atoms with van der Waals surface area (Å²) in [5.74, 6) is -1.45. The van der Waals surface area contributed by atoms with Crippen molar-refractivity contribution in [2.24, 2.45) is 11.8 Å². The third-order valence-electron chi connectivity index (χ3n) is 6.90. The number of alkyl halides is 3. The first kappa shape index (κ1) is 22.6. The maximum absolute atomic E-state index is 14.2. The summed E-state index contributed by atoms with van der Waals surface area (Å²) in [4.78, 5) is 0. The predicted octanol–water partition coefficient (Wildman–Crippen LogP) is 7.23. The van der Waals surface area contributed by atoms with Gasteiger partial charge in [0, 0.05) is 8.80 Å². The molecule has 0 bridgehead atoms. The molecular weight excluding hydrogens is 403 g/mol. The molecule has 2 fully saturated rings. The van der Waals surface area contributed by atoms with Gasteiger partial charge in [-0.05, 0) is 61.1 Å². The number of hydrogen-bond donors (Lipinski definition) is 0. The van der Waals surface area contributed by atoms with Gasteiger partial charge in [0.2, 0.25) is 0 Å². The van der Waals surface area contributed by atoms with Crippen LogP contribution in [0, 0.1) is 23.5 Å². The first-order valence-corrected chi connectivity index (χ1v) is 13.4. The molecule has 0 amide bonds. The molecule has 7 heteroatoms. The largest absolute Gasteiger partial charge is 0.478 e. The van der Waals surface area contributed by atoms with E-state index in [1.807, 2.05) is 0 Å². The van der Waals surface area contributed by atoms with Crippen molar-refractivity contribution in [1.29, 1.82) is 0 Å². The van der Waals surface area contributed by atoms with Crippen molar-refractivity contribution in [2.45, 2.75) is 82.1 Å². The molecule has 29 heavy (non-hydrogen) atoms. The van der Waals surface area contributed by atoms with Gasteiger partial charge in [0.25, 0.3) is 0 Å². The maximum atomic E-state index is 14.2. The SMILES string of the molecule is CCC[SiH]1CCC(C2CCC(c3cc(F)c(OCC(F)(F)F)c(F)c3)CC2)CC1. The quantitative estimate of drug-likeness (QED) is 0.339. The molecule has 0 unspecified atom stereocenters. The highest BCUT2D eigenvalue weighted by atomic mass is 28.3. The van der Waals surface area contributed by atoms with Crippen molar-refractivity contribution in [3.05, 3.63) is 29.3 Å². The molecule has 1 aromatic rings. The van der Waals surface area contributed by atoms with E-state index in [2.05, 4.69) is 11.7 Å². The van der Waals surface area contributed by atoms with E-state index < -0.39 is 39.0 Å². The highest BCUT2D eigenvalue weighted by Gasteiger charge is 2.33. The molecule has 1 saturated heterocycles. The summed E-state index contributed by atoms with van der Waals surface area (Å²) in [7, 11) is -0.479. The molecule has 0 aromatic heterocycles. The Labute approximate surface area is 171 Å². The minimum atomic E-state index is -4.63. The van der Waals surface area contributed by atoms with Crippen LogP contribution in [0.5, 0.6) is 5.75 Å². The number of hydrogen-bond acceptors (Lipinski definition) is 1. The van der Waals surface area contributed by atoms with E-state index in [0.29, 0.717) is 11.5 Å². The normalized spacial score (nSPS) is 28.3. The number of rotatable bonds is 6. The third-order valence-corrected chi connectivity index (χ3v) is 10.6. The fourth-order valence-electron chi connectivity index (χ4n) is 5.39. The second kappa shape index (κ2) is 9.80. The van der Waals surface area contributed by atoms with Crippen molar-refractivity contribution < 1.29 is 26.7 Å². The lowest BCUT2D eigenvalue weighted by atomic mass is 9.72. The van der Waals surface area contributed by atoms with Gasteiger partial charge in [0.1, 0.15) is 0 Å². The molecule has 0 spiro atoms. The summed E-state index contributed by atoms with van der Waals surface area (Å²) < 4.78 is 69.5. The van der Waals surface area contributed by atoms with Crippen LogP contribution < -0.4 is 4.74 Å². The maximum Gasteiger partial charge on any atom is 0.422 e. The molecule has 1 aliphatic heterocycles. The van der Waals surface area contributed by atoms with Crippen LogP contribution >= 0.6 is 0 Å². The molecule has 164 valence electrons. The highest BCUT2D eigenvalue weighted by Crippen LogP contribution is 2.44. The van der Waals surface area contributed by atoms with E-state index in [4.69, 9.17) is 0 Å². The Morgan fingerprint density at radius 1 is 0.931 bits per heavy atom. The highest BCUT2D eigenvalue weighted by molar-refractivity contribution is 6.58. The van der Waals surface area contributed by atoms with E-state index in [1.165, 1.54) is 37.4 Å². The molecule has 1 aromatic carbocycles. The monoisotopic (exact) mass is 434 g/mol. The molecule has 0 atom stereocenters. The summed E-state index contributed by atoms with van der Waals surface area (Å²) in [6.45, 7) is 0.579. The van der Waals surface area contributed by atoms with Gasteiger partial charge < -0.3 is 4.74 Å². The van der Waals surface area contributed by atoms with Gasteiger partial charge in [0.15, 0.2) is 24.0 Å². The topological polar surface area (TPSA) is 9.23 Å². The molecule has 1 saturated carbocycles. The Morgan fingerprint density at radius 2 is 1.48 bits per heavy atom. The smallest absolute Gasteiger partial charge is 0.422 e. The van der Waals surface area contributed by atoms with E-state index in [1.54, 1.807) is 0 Å². The Bertz CT molecular complexity index is 639. The van der Waals surface area contributed by atoms with E-state index in [9.17, 15) is 22.0 Å². The number of halogens is 5. The molecule has 0 N–H and O–H groups in total. The Morgan fingerprint density at radius 3 is 2.00 bits per heavy atom. The van der Waals surface area contributed by atoms with Gasteiger partial charge in [-0.15, -0.1) is 0 Å².